The van der Waals surface area contributed by atoms with Crippen LogP contribution in [-0.4, -0.2) is 15.6 Å². The number of nitrogens with two attached hydrogens (primary N) is 1. The van der Waals surface area contributed by atoms with Gasteiger partial charge in [-0.15, -0.1) is 0 Å². The molecule has 3 N–H and O–H groups in total. The van der Waals surface area contributed by atoms with Crippen LogP contribution >= 0.6 is 27.5 Å². The molecule has 0 unspecified atom stereocenters. The van der Waals surface area contributed by atoms with Crippen molar-refractivity contribution >= 4 is 33.4 Å². The number of nitrogens with zero attached hydrogens (tertiary/aromatic N) is 2. The number of hydrogen-bond donors (Lipinski definition) is 2. The van der Waals surface area contributed by atoms with Crippen LogP contribution in [0.4, 0.5) is 0 Å². The molecule has 1 aromatic carbocycles. The van der Waals surface area contributed by atoms with Gasteiger partial charge in [-0.2, -0.15) is 5.10 Å². The molecule has 5 nitrogen and oxygen atoms in total. The first-order valence-corrected chi connectivity index (χ1v) is 7.58. The van der Waals surface area contributed by atoms with Crippen molar-refractivity contribution in [2.24, 2.45) is 12.8 Å². The minimum Gasteiger partial charge on any atom is -0.486 e. The topological polar surface area (TPSA) is 76.9 Å². The average Bonchev–Trinajstić information content (AvgIpc) is 2.70. The summed E-state index contributed by atoms with van der Waals surface area (Å²) >= 11 is 9.61. The number of benzene rings is 1. The molecule has 0 saturated carbocycles. The van der Waals surface area contributed by atoms with Crippen LogP contribution in [0.3, 0.4) is 0 Å². The second-order valence-corrected chi connectivity index (χ2v) is 5.70. The van der Waals surface area contributed by atoms with Crippen LogP contribution in [-0.2, 0) is 20.1 Å². The molecule has 21 heavy (non-hydrogen) atoms. The maximum absolute atomic E-state index is 7.61. The molecular weight excluding hydrogens is 356 g/mol. The van der Waals surface area contributed by atoms with Crippen LogP contribution in [0.15, 0.2) is 22.7 Å². The van der Waals surface area contributed by atoms with E-state index in [-0.39, 0.29) is 5.84 Å². The number of rotatable bonds is 5. The van der Waals surface area contributed by atoms with Gasteiger partial charge in [-0.05, 0) is 34.5 Å². The summed E-state index contributed by atoms with van der Waals surface area (Å²) in [5.74, 6) is 0.370. The van der Waals surface area contributed by atoms with E-state index >= 15 is 0 Å². The minimum atomic E-state index is -0.117. The normalized spacial score (nSPS) is 10.7. The second kappa shape index (κ2) is 6.49. The highest BCUT2D eigenvalue weighted by Gasteiger charge is 2.15. The number of aryl methyl sites for hydroxylation is 2. The van der Waals surface area contributed by atoms with E-state index in [1.54, 1.807) is 22.9 Å². The van der Waals surface area contributed by atoms with E-state index in [2.05, 4.69) is 21.0 Å². The number of aromatic nitrogens is 2. The third-order valence-corrected chi connectivity index (χ3v) is 4.34. The van der Waals surface area contributed by atoms with Crippen molar-refractivity contribution in [2.45, 2.75) is 20.0 Å². The molecule has 2 rings (SSSR count). The largest absolute Gasteiger partial charge is 0.486 e. The van der Waals surface area contributed by atoms with Crippen LogP contribution in [0.25, 0.3) is 0 Å². The fraction of sp³-hybridized carbons (Fsp3) is 0.286. The Hall–Kier alpha value is -1.53. The van der Waals surface area contributed by atoms with Gasteiger partial charge in [-0.1, -0.05) is 24.6 Å². The van der Waals surface area contributed by atoms with Gasteiger partial charge in [-0.3, -0.25) is 10.1 Å². The number of halogens is 2. The molecule has 1 aromatic heterocycles. The highest BCUT2D eigenvalue weighted by Crippen LogP contribution is 2.28. The first-order valence-electron chi connectivity index (χ1n) is 6.41. The number of nitrogens with one attached hydrogen (secondary N) is 1. The highest BCUT2D eigenvalue weighted by molar-refractivity contribution is 9.10. The zero-order valence-corrected chi connectivity index (χ0v) is 14.1. The first-order chi connectivity index (χ1) is 9.95. The second-order valence-electron chi connectivity index (χ2n) is 4.50. The molecule has 0 atom stereocenters. The fourth-order valence-corrected chi connectivity index (χ4v) is 3.01. The van der Waals surface area contributed by atoms with Crippen molar-refractivity contribution in [3.63, 3.8) is 0 Å². The molecule has 0 spiro atoms. The Bertz CT molecular complexity index is 684. The van der Waals surface area contributed by atoms with Gasteiger partial charge in [0.25, 0.3) is 0 Å². The Balaban J connectivity index is 2.27. The van der Waals surface area contributed by atoms with Crippen molar-refractivity contribution < 1.29 is 4.74 Å². The average molecular weight is 372 g/mol. The van der Waals surface area contributed by atoms with E-state index < -0.39 is 0 Å². The number of ether oxygens (including phenoxy) is 1. The lowest BCUT2D eigenvalue weighted by molar-refractivity contribution is 0.293. The number of hydrogen-bond acceptors (Lipinski definition) is 3. The lowest BCUT2D eigenvalue weighted by atomic mass is 10.2. The van der Waals surface area contributed by atoms with E-state index in [9.17, 15) is 0 Å². The van der Waals surface area contributed by atoms with Crippen molar-refractivity contribution in [2.75, 3.05) is 0 Å². The molecule has 0 bridgehead atoms. The SMILES string of the molecule is CCc1nn(C)c(COc2cccc(Cl)c2C(=N)N)c1Br. The zero-order chi connectivity index (χ0) is 15.6. The molecule has 0 aliphatic carbocycles. The third-order valence-electron chi connectivity index (χ3n) is 3.11. The molecule has 2 aromatic rings. The molecule has 0 aliphatic heterocycles. The van der Waals surface area contributed by atoms with Crippen LogP contribution in [0, 0.1) is 5.41 Å². The van der Waals surface area contributed by atoms with Crippen molar-refractivity contribution in [1.29, 1.82) is 5.41 Å². The summed E-state index contributed by atoms with van der Waals surface area (Å²) in [7, 11) is 1.87. The Labute approximate surface area is 136 Å². The minimum absolute atomic E-state index is 0.117. The van der Waals surface area contributed by atoms with Gasteiger partial charge in [0.1, 0.15) is 18.2 Å². The predicted molar refractivity (Wildman–Crippen MR) is 87.1 cm³/mol. The van der Waals surface area contributed by atoms with E-state index in [1.807, 2.05) is 14.0 Å². The fourth-order valence-electron chi connectivity index (χ4n) is 2.01. The summed E-state index contributed by atoms with van der Waals surface area (Å²) in [5, 5.41) is 12.4. The standard InChI is InChI=1S/C14H16BrClN4O/c1-3-9-13(15)10(20(2)19-9)7-21-11-6-4-5-8(16)12(11)14(17)18/h4-6H,3,7H2,1-2H3,(H3,17,18). The van der Waals surface area contributed by atoms with Gasteiger partial charge < -0.3 is 10.5 Å². The quantitative estimate of drug-likeness (QED) is 0.625. The Morgan fingerprint density at radius 2 is 2.24 bits per heavy atom. The summed E-state index contributed by atoms with van der Waals surface area (Å²) in [6.07, 6.45) is 0.838. The Kier molecular flexibility index (Phi) is 4.90. The zero-order valence-electron chi connectivity index (χ0n) is 11.8. The summed E-state index contributed by atoms with van der Waals surface area (Å²) in [6, 6.07) is 5.19. The van der Waals surface area contributed by atoms with Crippen LogP contribution in [0.5, 0.6) is 5.75 Å². The monoisotopic (exact) mass is 370 g/mol. The van der Waals surface area contributed by atoms with Crippen LogP contribution < -0.4 is 10.5 Å². The smallest absolute Gasteiger partial charge is 0.132 e. The Morgan fingerprint density at radius 3 is 2.81 bits per heavy atom. The maximum Gasteiger partial charge on any atom is 0.132 e. The molecule has 7 heteroatoms. The van der Waals surface area contributed by atoms with Crippen LogP contribution in [0.2, 0.25) is 5.02 Å². The van der Waals surface area contributed by atoms with E-state index in [0.717, 1.165) is 22.3 Å². The van der Waals surface area contributed by atoms with Gasteiger partial charge in [0, 0.05) is 7.05 Å². The molecule has 1 heterocycles. The number of amidine groups is 1. The molecule has 0 aliphatic rings. The Morgan fingerprint density at radius 1 is 1.52 bits per heavy atom. The van der Waals surface area contributed by atoms with Crippen molar-refractivity contribution in [3.05, 3.63) is 44.6 Å². The van der Waals surface area contributed by atoms with E-state index in [0.29, 0.717) is 22.9 Å². The lowest BCUT2D eigenvalue weighted by Crippen LogP contribution is -2.14. The summed E-state index contributed by atoms with van der Waals surface area (Å²) < 4.78 is 8.51. The van der Waals surface area contributed by atoms with E-state index in [1.165, 1.54) is 0 Å². The van der Waals surface area contributed by atoms with Gasteiger partial charge in [-0.25, -0.2) is 0 Å². The maximum atomic E-state index is 7.61. The van der Waals surface area contributed by atoms with Crippen molar-refractivity contribution in [3.8, 4) is 5.75 Å². The molecule has 0 saturated heterocycles. The third kappa shape index (κ3) is 3.22. The van der Waals surface area contributed by atoms with Gasteiger partial charge in [0.05, 0.1) is 26.4 Å². The molecule has 0 fully saturated rings. The molecule has 0 radical (unpaired) electrons. The molecular formula is C14H16BrClN4O. The van der Waals surface area contributed by atoms with Crippen molar-refractivity contribution in [1.82, 2.24) is 9.78 Å². The summed E-state index contributed by atoms with van der Waals surface area (Å²) in [4.78, 5) is 0. The lowest BCUT2D eigenvalue weighted by Gasteiger charge is -2.12. The van der Waals surface area contributed by atoms with Gasteiger partial charge in [0.2, 0.25) is 0 Å². The summed E-state index contributed by atoms with van der Waals surface area (Å²) in [5.41, 5.74) is 7.87. The predicted octanol–water partition coefficient (Wildman–Crippen LogP) is 3.26. The van der Waals surface area contributed by atoms with Gasteiger partial charge in [0.15, 0.2) is 0 Å². The van der Waals surface area contributed by atoms with Gasteiger partial charge >= 0.3 is 0 Å². The molecule has 0 amide bonds. The molecule has 112 valence electrons. The number of nitrogen functional groups attached to an aromatic ring is 1. The first kappa shape index (κ1) is 15.9. The highest BCUT2D eigenvalue weighted by atomic mass is 79.9. The van der Waals surface area contributed by atoms with Crippen LogP contribution in [0.1, 0.15) is 23.9 Å². The summed E-state index contributed by atoms with van der Waals surface area (Å²) in [6.45, 7) is 2.35. The van der Waals surface area contributed by atoms with E-state index in [4.69, 9.17) is 27.5 Å².